The van der Waals surface area contributed by atoms with Crippen molar-refractivity contribution in [2.45, 2.75) is 183 Å². The molecule has 1 aromatic heterocycles. The molecule has 0 unspecified atom stereocenters. The van der Waals surface area contributed by atoms with Gasteiger partial charge in [0.05, 0.1) is 0 Å². The first-order valence-corrected chi connectivity index (χ1v) is 35.9. The van der Waals surface area contributed by atoms with Gasteiger partial charge in [-0.25, -0.2) is 4.98 Å². The molecule has 3 aliphatic heterocycles. The number of anilines is 7. The summed E-state index contributed by atoms with van der Waals surface area (Å²) in [4.78, 5) is 12.3. The minimum absolute atomic E-state index is 0. The second-order valence-electron chi connectivity index (χ2n) is 34.0. The van der Waals surface area contributed by atoms with Gasteiger partial charge in [-0.15, -0.1) is 47.9 Å². The van der Waals surface area contributed by atoms with Crippen molar-refractivity contribution in [2.24, 2.45) is 0 Å². The number of nitrogens with zero attached hydrogens (tertiary/aromatic N) is 4. The average molecular weight is 1450 g/mol. The number of hydrogen-bond donors (Lipinski definition) is 0. The van der Waals surface area contributed by atoms with Gasteiger partial charge in [0, 0.05) is 72.6 Å². The summed E-state index contributed by atoms with van der Waals surface area (Å²) in [5, 5.41) is 5.44. The molecule has 1 spiro atoms. The number of benzene rings is 9. The van der Waals surface area contributed by atoms with E-state index in [4.69, 9.17) is 9.72 Å². The largest absolute Gasteiger partial charge is 0.509 e. The first-order valence-electron chi connectivity index (χ1n) is 33.9. The molecule has 3 aliphatic rings. The Morgan fingerprint density at radius 2 is 0.832 bits per heavy atom. The molecular weight excluding hydrogens is 1350 g/mol. The van der Waals surface area contributed by atoms with Crippen LogP contribution in [0.1, 0.15) is 184 Å². The Balaban J connectivity index is 0.00000864. The fraction of sp³-hybridized carbons (Fsp3) is 0.318. The zero-order chi connectivity index (χ0) is 67.2. The van der Waals surface area contributed by atoms with Crippen molar-refractivity contribution in [1.29, 1.82) is 0 Å². The molecule has 0 fully saturated rings. The Labute approximate surface area is 584 Å². The summed E-state index contributed by atoms with van der Waals surface area (Å²) in [6, 6.07) is 77.3. The second-order valence-corrected chi connectivity index (χ2v) is 37.7. The summed E-state index contributed by atoms with van der Waals surface area (Å²) >= 11 is 0. The molecule has 0 saturated heterocycles. The van der Waals surface area contributed by atoms with Gasteiger partial charge in [-0.3, -0.25) is 0 Å². The minimum atomic E-state index is -3.14. The number of fused-ring (bicyclic) bond motifs is 10. The topological polar surface area (TPSA) is 31.8 Å². The summed E-state index contributed by atoms with van der Waals surface area (Å²) in [5.41, 5.74) is 22.0. The number of hydrogen-bond acceptors (Lipinski definition) is 5. The van der Waals surface area contributed by atoms with Gasteiger partial charge >= 0.3 is 0 Å². The first-order chi connectivity index (χ1) is 44.0. The smallest absolute Gasteiger partial charge is 0.135 e. The molecule has 0 N–H and O–H groups in total. The third-order valence-corrected chi connectivity index (χ3v) is 24.8. The number of para-hydroxylation sites is 3. The summed E-state index contributed by atoms with van der Waals surface area (Å²) < 4.78 is 7.23. The fourth-order valence-corrected chi connectivity index (χ4v) is 19.7. The average Bonchev–Trinajstić information content (AvgIpc) is 1.58. The molecule has 95 heavy (non-hydrogen) atoms. The molecule has 9 aromatic carbocycles. The molecule has 5 nitrogen and oxygen atoms in total. The fourth-order valence-electron chi connectivity index (χ4n) is 14.1. The third kappa shape index (κ3) is 12.1. The second kappa shape index (κ2) is 23.5. The Kier molecular flexibility index (Phi) is 16.6. The normalized spacial score (nSPS) is 14.5. The molecule has 13 rings (SSSR count). The van der Waals surface area contributed by atoms with Gasteiger partial charge in [0.25, 0.3) is 0 Å². The number of aromatic nitrogens is 1. The monoisotopic (exact) mass is 1450 g/mol. The van der Waals surface area contributed by atoms with Crippen LogP contribution >= 0.6 is 0 Å². The van der Waals surface area contributed by atoms with E-state index in [9.17, 15) is 0 Å². The van der Waals surface area contributed by atoms with Crippen LogP contribution in [0, 0.1) is 18.8 Å². The maximum absolute atomic E-state index is 7.23. The first kappa shape index (κ1) is 67.2. The van der Waals surface area contributed by atoms with Crippen LogP contribution in [-0.2, 0) is 59.0 Å². The number of ether oxygens (including phenoxy) is 1. The predicted octanol–water partition coefficient (Wildman–Crippen LogP) is 21.4. The SMILES string of the molecule is CC(C)(C)c1cccc(-c2cc(C(C)(C)C)cc(-c3cc(C(C)(C)C)cc(C(C)(C)C)c3)c2N2[CH-]N(c3[c-]c(Oc4[c-]c5c(cc4)[Si]4(c6cc(C(C)(C)C)ccc6-c6ccc(C(C)(C)C)cc64)c4ccccc4N5c4cc(C(C)(C)C)ccn4)ccc3)c3ccccc32)c1.[Pt]. The van der Waals surface area contributed by atoms with Crippen LogP contribution in [0.3, 0.4) is 0 Å². The molecule has 0 aliphatic carbocycles. The molecule has 4 heterocycles. The van der Waals surface area contributed by atoms with Gasteiger partial charge in [0.15, 0.2) is 0 Å². The van der Waals surface area contributed by atoms with Crippen LogP contribution in [0.4, 0.5) is 39.9 Å². The van der Waals surface area contributed by atoms with Crippen LogP contribution in [0.5, 0.6) is 11.5 Å². The van der Waals surface area contributed by atoms with E-state index in [0.29, 0.717) is 11.5 Å². The van der Waals surface area contributed by atoms with Crippen LogP contribution < -0.4 is 40.2 Å². The number of pyridine rings is 1. The molecule has 490 valence electrons. The summed E-state index contributed by atoms with van der Waals surface area (Å²) in [5.74, 6) is 2.04. The predicted molar refractivity (Wildman–Crippen MR) is 403 cm³/mol. The van der Waals surface area contributed by atoms with Gasteiger partial charge in [-0.05, 0) is 157 Å². The maximum atomic E-state index is 7.23. The van der Waals surface area contributed by atoms with Crippen molar-refractivity contribution < 1.29 is 25.8 Å². The quantitative estimate of drug-likeness (QED) is 0.117. The van der Waals surface area contributed by atoms with Gasteiger partial charge < -0.3 is 19.4 Å². The standard InChI is InChI=1S/C88H95N4OSi.Pt/c1-82(2,3)58-29-26-28-56(44-58)70-48-64(88(19,20)21)49-71(57-45-62(86(13,14)15)47-63(46-57)87(16,17)18)81(70)91-55-90(72-32-22-23-33-73(72)91)65-30-27-31-66(53-65)93-67-38-41-77-75(54-67)92(80-52-61(42-43-89-80)85(10,11)12)74-34-24-25-35-76(74)94(77)78-50-59(83(4,5)6)36-39-68(78)69-40-37-60(51-79(69)94)84(7,8)9;/h22-52,55H,1-21H3;/q-3;. The maximum Gasteiger partial charge on any atom is 0.135 e. The number of rotatable bonds is 7. The van der Waals surface area contributed by atoms with Crippen molar-refractivity contribution in [3.8, 4) is 44.9 Å². The summed E-state index contributed by atoms with van der Waals surface area (Å²) in [6.45, 7) is 51.1. The van der Waals surface area contributed by atoms with Crippen molar-refractivity contribution in [2.75, 3.05) is 14.7 Å². The van der Waals surface area contributed by atoms with Crippen LogP contribution in [0.25, 0.3) is 33.4 Å². The molecule has 0 amide bonds. The Hall–Kier alpha value is -7.76. The third-order valence-electron chi connectivity index (χ3n) is 19.9. The zero-order valence-electron chi connectivity index (χ0n) is 60.0. The van der Waals surface area contributed by atoms with Crippen molar-refractivity contribution in [3.63, 3.8) is 0 Å². The van der Waals surface area contributed by atoms with E-state index in [1.54, 1.807) is 0 Å². The van der Waals surface area contributed by atoms with Crippen molar-refractivity contribution >= 4 is 68.8 Å². The van der Waals surface area contributed by atoms with Gasteiger partial charge in [0.1, 0.15) is 13.9 Å². The summed E-state index contributed by atoms with van der Waals surface area (Å²) in [7, 11) is -3.14. The van der Waals surface area contributed by atoms with E-state index in [-0.39, 0.29) is 59.0 Å². The Morgan fingerprint density at radius 3 is 1.40 bits per heavy atom. The van der Waals surface area contributed by atoms with Crippen molar-refractivity contribution in [1.82, 2.24) is 4.98 Å². The van der Waals surface area contributed by atoms with Crippen LogP contribution in [-0.4, -0.2) is 13.1 Å². The van der Waals surface area contributed by atoms with E-state index in [1.165, 1.54) is 93.1 Å². The Morgan fingerprint density at radius 1 is 0.358 bits per heavy atom. The molecule has 7 heteroatoms. The van der Waals surface area contributed by atoms with Crippen LogP contribution in [0.15, 0.2) is 188 Å². The van der Waals surface area contributed by atoms with E-state index >= 15 is 0 Å². The molecule has 0 radical (unpaired) electrons. The van der Waals surface area contributed by atoms with Gasteiger partial charge in [-0.1, -0.05) is 260 Å². The van der Waals surface area contributed by atoms with E-state index in [1.807, 2.05) is 12.3 Å². The van der Waals surface area contributed by atoms with E-state index in [2.05, 4.69) is 355 Å². The molecule has 10 aromatic rings. The zero-order valence-corrected chi connectivity index (χ0v) is 63.3. The van der Waals surface area contributed by atoms with E-state index in [0.717, 1.165) is 39.9 Å². The van der Waals surface area contributed by atoms with Crippen molar-refractivity contribution in [3.05, 3.63) is 246 Å². The van der Waals surface area contributed by atoms with E-state index < -0.39 is 8.07 Å². The van der Waals surface area contributed by atoms with Gasteiger partial charge in [-0.2, -0.15) is 12.1 Å². The Bertz CT molecular complexity index is 4540. The molecule has 0 saturated carbocycles. The molecular formula is C88H95N4OPtSi-3. The molecule has 0 bridgehead atoms. The molecule has 0 atom stereocenters. The summed E-state index contributed by atoms with van der Waals surface area (Å²) in [6.07, 6.45) is 1.97. The van der Waals surface area contributed by atoms with Gasteiger partial charge in [0.2, 0.25) is 0 Å². The minimum Gasteiger partial charge on any atom is -0.509 e. The van der Waals surface area contributed by atoms with Crippen LogP contribution in [0.2, 0.25) is 0 Å².